The van der Waals surface area contributed by atoms with Crippen molar-refractivity contribution in [3.8, 4) is 0 Å². The van der Waals surface area contributed by atoms with Crippen molar-refractivity contribution >= 4 is 22.7 Å². The lowest BCUT2D eigenvalue weighted by atomic mass is 10.2. The highest BCUT2D eigenvalue weighted by Crippen LogP contribution is 2.26. The molecule has 0 saturated carbocycles. The molecular formula is C15H17N3O2. The van der Waals surface area contributed by atoms with E-state index in [1.54, 1.807) is 12.1 Å². The first kappa shape index (κ1) is 13.9. The maximum atomic E-state index is 10.6. The van der Waals surface area contributed by atoms with Gasteiger partial charge in [-0.1, -0.05) is 0 Å². The minimum atomic E-state index is -0.393. The van der Waals surface area contributed by atoms with E-state index < -0.39 is 4.92 Å². The molecule has 0 aliphatic heterocycles. The summed E-state index contributed by atoms with van der Waals surface area (Å²) in [5.74, 6) is 0. The minimum Gasteiger partial charge on any atom is -0.378 e. The Hall–Kier alpha value is -2.56. The number of nitro groups is 1. The zero-order valence-electron chi connectivity index (χ0n) is 11.8. The van der Waals surface area contributed by atoms with Crippen LogP contribution < -0.4 is 9.80 Å². The molecule has 0 N–H and O–H groups in total. The minimum absolute atomic E-state index is 0.102. The van der Waals surface area contributed by atoms with Crippen molar-refractivity contribution in [2.45, 2.75) is 0 Å². The molecule has 0 radical (unpaired) electrons. The van der Waals surface area contributed by atoms with Crippen molar-refractivity contribution in [1.82, 2.24) is 0 Å². The van der Waals surface area contributed by atoms with Crippen LogP contribution in [0.5, 0.6) is 0 Å². The Kier molecular flexibility index (Phi) is 3.89. The van der Waals surface area contributed by atoms with E-state index in [2.05, 4.69) is 0 Å². The molecular weight excluding hydrogens is 254 g/mol. The van der Waals surface area contributed by atoms with E-state index in [-0.39, 0.29) is 5.69 Å². The van der Waals surface area contributed by atoms with Gasteiger partial charge in [-0.3, -0.25) is 10.1 Å². The molecule has 2 aromatic rings. The second kappa shape index (κ2) is 5.61. The summed E-state index contributed by atoms with van der Waals surface area (Å²) in [6.07, 6.45) is 0. The second-order valence-corrected chi connectivity index (χ2v) is 4.74. The SMILES string of the molecule is CN(C)c1ccc(N(C)c2ccc([N+](=O)[O-])cc2)cc1. The summed E-state index contributed by atoms with van der Waals surface area (Å²) in [7, 11) is 5.93. The van der Waals surface area contributed by atoms with Crippen molar-refractivity contribution < 1.29 is 4.92 Å². The summed E-state index contributed by atoms with van der Waals surface area (Å²) < 4.78 is 0. The van der Waals surface area contributed by atoms with Crippen LogP contribution in [0.1, 0.15) is 0 Å². The van der Waals surface area contributed by atoms with Crippen LogP contribution in [0.25, 0.3) is 0 Å². The number of rotatable bonds is 4. The van der Waals surface area contributed by atoms with Crippen LogP contribution in [-0.2, 0) is 0 Å². The fourth-order valence-corrected chi connectivity index (χ4v) is 1.92. The molecule has 5 nitrogen and oxygen atoms in total. The van der Waals surface area contributed by atoms with E-state index in [1.165, 1.54) is 12.1 Å². The molecule has 0 atom stereocenters. The van der Waals surface area contributed by atoms with E-state index in [9.17, 15) is 10.1 Å². The summed E-state index contributed by atoms with van der Waals surface area (Å²) in [6, 6.07) is 14.7. The van der Waals surface area contributed by atoms with Crippen molar-refractivity contribution in [3.63, 3.8) is 0 Å². The number of anilines is 3. The fourth-order valence-electron chi connectivity index (χ4n) is 1.92. The Labute approximate surface area is 118 Å². The van der Waals surface area contributed by atoms with Crippen LogP contribution in [0.3, 0.4) is 0 Å². The largest absolute Gasteiger partial charge is 0.378 e. The highest BCUT2D eigenvalue weighted by Gasteiger charge is 2.08. The zero-order valence-corrected chi connectivity index (χ0v) is 11.8. The van der Waals surface area contributed by atoms with Gasteiger partial charge in [-0.2, -0.15) is 0 Å². The van der Waals surface area contributed by atoms with E-state index in [0.29, 0.717) is 0 Å². The first-order valence-corrected chi connectivity index (χ1v) is 6.24. The smallest absolute Gasteiger partial charge is 0.269 e. The van der Waals surface area contributed by atoms with Gasteiger partial charge in [0.05, 0.1) is 4.92 Å². The molecule has 0 spiro atoms. The molecule has 0 amide bonds. The number of non-ortho nitro benzene ring substituents is 1. The molecule has 0 aromatic heterocycles. The Morgan fingerprint density at radius 1 is 0.800 bits per heavy atom. The summed E-state index contributed by atoms with van der Waals surface area (Å²) in [6.45, 7) is 0. The predicted molar refractivity (Wildman–Crippen MR) is 81.9 cm³/mol. The number of hydrogen-bond acceptors (Lipinski definition) is 4. The molecule has 5 heteroatoms. The lowest BCUT2D eigenvalue weighted by Gasteiger charge is -2.20. The normalized spacial score (nSPS) is 10.2. The molecule has 20 heavy (non-hydrogen) atoms. The lowest BCUT2D eigenvalue weighted by molar-refractivity contribution is -0.384. The average molecular weight is 271 g/mol. The van der Waals surface area contributed by atoms with Gasteiger partial charge >= 0.3 is 0 Å². The van der Waals surface area contributed by atoms with E-state index in [0.717, 1.165) is 17.1 Å². The third-order valence-corrected chi connectivity index (χ3v) is 3.20. The number of benzene rings is 2. The summed E-state index contributed by atoms with van der Waals surface area (Å²) in [5.41, 5.74) is 3.17. The van der Waals surface area contributed by atoms with Gasteiger partial charge in [0.15, 0.2) is 0 Å². The van der Waals surface area contributed by atoms with Gasteiger partial charge in [0.25, 0.3) is 5.69 Å². The van der Waals surface area contributed by atoms with Crippen molar-refractivity contribution in [1.29, 1.82) is 0 Å². The standard InChI is InChI=1S/C15H17N3O2/c1-16(2)12-4-6-13(7-5-12)17(3)14-8-10-15(11-9-14)18(19)20/h4-11H,1-3H3. The maximum Gasteiger partial charge on any atom is 0.269 e. The molecule has 0 saturated heterocycles. The quantitative estimate of drug-likeness (QED) is 0.631. The van der Waals surface area contributed by atoms with Crippen molar-refractivity contribution in [2.75, 3.05) is 30.9 Å². The van der Waals surface area contributed by atoms with E-state index in [1.807, 2.05) is 55.2 Å². The van der Waals surface area contributed by atoms with E-state index in [4.69, 9.17) is 0 Å². The fraction of sp³-hybridized carbons (Fsp3) is 0.200. The molecule has 0 fully saturated rings. The molecule has 0 bridgehead atoms. The molecule has 2 aromatic carbocycles. The van der Waals surface area contributed by atoms with Gasteiger partial charge in [-0.25, -0.2) is 0 Å². The summed E-state index contributed by atoms with van der Waals surface area (Å²) in [4.78, 5) is 14.3. The number of nitro benzene ring substituents is 1. The summed E-state index contributed by atoms with van der Waals surface area (Å²) in [5, 5.41) is 10.6. The van der Waals surface area contributed by atoms with Gasteiger partial charge in [0.2, 0.25) is 0 Å². The predicted octanol–water partition coefficient (Wildman–Crippen LogP) is 3.43. The molecule has 0 aliphatic rings. The van der Waals surface area contributed by atoms with Crippen molar-refractivity contribution in [2.24, 2.45) is 0 Å². The van der Waals surface area contributed by atoms with Crippen LogP contribution in [0.2, 0.25) is 0 Å². The Morgan fingerprint density at radius 2 is 1.20 bits per heavy atom. The third kappa shape index (κ3) is 2.88. The first-order valence-electron chi connectivity index (χ1n) is 6.24. The van der Waals surface area contributed by atoms with Crippen LogP contribution in [0.15, 0.2) is 48.5 Å². The van der Waals surface area contributed by atoms with Gasteiger partial charge in [-0.05, 0) is 36.4 Å². The van der Waals surface area contributed by atoms with Gasteiger partial charge < -0.3 is 9.80 Å². The maximum absolute atomic E-state index is 10.6. The van der Waals surface area contributed by atoms with E-state index >= 15 is 0 Å². The topological polar surface area (TPSA) is 49.6 Å². The van der Waals surface area contributed by atoms with Crippen LogP contribution >= 0.6 is 0 Å². The van der Waals surface area contributed by atoms with Crippen LogP contribution in [0, 0.1) is 10.1 Å². The Bertz CT molecular complexity index is 592. The zero-order chi connectivity index (χ0) is 14.7. The molecule has 0 heterocycles. The molecule has 2 rings (SSSR count). The Balaban J connectivity index is 2.21. The average Bonchev–Trinajstić information content (AvgIpc) is 2.46. The van der Waals surface area contributed by atoms with Gasteiger partial charge in [0.1, 0.15) is 0 Å². The van der Waals surface area contributed by atoms with Crippen LogP contribution in [0.4, 0.5) is 22.7 Å². The van der Waals surface area contributed by atoms with Crippen LogP contribution in [-0.4, -0.2) is 26.1 Å². The third-order valence-electron chi connectivity index (χ3n) is 3.20. The monoisotopic (exact) mass is 271 g/mol. The lowest BCUT2D eigenvalue weighted by Crippen LogP contribution is -2.11. The molecule has 0 aliphatic carbocycles. The number of nitrogens with zero attached hydrogens (tertiary/aromatic N) is 3. The molecule has 104 valence electrons. The van der Waals surface area contributed by atoms with Gasteiger partial charge in [-0.15, -0.1) is 0 Å². The molecule has 0 unspecified atom stereocenters. The second-order valence-electron chi connectivity index (χ2n) is 4.74. The van der Waals surface area contributed by atoms with Crippen molar-refractivity contribution in [3.05, 3.63) is 58.6 Å². The highest BCUT2D eigenvalue weighted by atomic mass is 16.6. The van der Waals surface area contributed by atoms with Gasteiger partial charge in [0, 0.05) is 50.3 Å². The Morgan fingerprint density at radius 3 is 1.60 bits per heavy atom. The summed E-state index contributed by atoms with van der Waals surface area (Å²) >= 11 is 0. The highest BCUT2D eigenvalue weighted by molar-refractivity contribution is 5.65. The first-order chi connectivity index (χ1) is 9.49. The number of hydrogen-bond donors (Lipinski definition) is 0.